The summed E-state index contributed by atoms with van der Waals surface area (Å²) >= 11 is 1.36. The number of hydrogen-bond acceptors (Lipinski definition) is 4. The maximum atomic E-state index is 10.8. The summed E-state index contributed by atoms with van der Waals surface area (Å²) in [6.45, 7) is 7.55. The summed E-state index contributed by atoms with van der Waals surface area (Å²) in [5.74, 6) is -0.747. The number of thioether (sulfide) groups is 1. The monoisotopic (exact) mass is 270 g/mol. The fourth-order valence-electron chi connectivity index (χ4n) is 0.987. The topological polar surface area (TPSA) is 55.8 Å². The molecular formula is C13H18O4S. The third-order valence-corrected chi connectivity index (χ3v) is 2.35. The summed E-state index contributed by atoms with van der Waals surface area (Å²) in [4.78, 5) is 10.8. The number of carboxylic acid groups (broad SMARTS) is 1. The molecule has 0 saturated carbocycles. The molecule has 0 heterocycles. The van der Waals surface area contributed by atoms with E-state index in [9.17, 15) is 4.79 Å². The maximum absolute atomic E-state index is 10.8. The lowest BCUT2D eigenvalue weighted by Crippen LogP contribution is -2.06. The highest BCUT2D eigenvalue weighted by Crippen LogP contribution is 2.18. The van der Waals surface area contributed by atoms with Crippen LogP contribution in [0, 0.1) is 0 Å². The first kappa shape index (κ1) is 16.4. The predicted molar refractivity (Wildman–Crippen MR) is 74.0 cm³/mol. The van der Waals surface area contributed by atoms with Crippen molar-refractivity contribution in [3.63, 3.8) is 0 Å². The van der Waals surface area contributed by atoms with E-state index in [1.54, 1.807) is 18.2 Å². The normalized spacial score (nSPS) is 8.83. The second-order valence-corrected chi connectivity index (χ2v) is 3.65. The molecule has 0 bridgehead atoms. The molecule has 0 radical (unpaired) electrons. The number of benzene rings is 1. The molecule has 1 aromatic rings. The molecule has 0 atom stereocenters. The van der Waals surface area contributed by atoms with Crippen LogP contribution in [0.25, 0.3) is 0 Å². The fraction of sp³-hybridized carbons (Fsp3) is 0.308. The molecule has 4 nitrogen and oxygen atoms in total. The smallest absolute Gasteiger partial charge is 0.339 e. The van der Waals surface area contributed by atoms with Crippen molar-refractivity contribution in [1.82, 2.24) is 0 Å². The van der Waals surface area contributed by atoms with Crippen molar-refractivity contribution in [3.05, 3.63) is 41.5 Å². The van der Waals surface area contributed by atoms with E-state index in [-0.39, 0.29) is 18.1 Å². The quantitative estimate of drug-likeness (QED) is 0.632. The Morgan fingerprint density at radius 2 is 2.00 bits per heavy atom. The van der Waals surface area contributed by atoms with Gasteiger partial charge < -0.3 is 14.6 Å². The Bertz CT molecular complexity index is 390. The molecule has 0 spiro atoms. The highest BCUT2D eigenvalue weighted by molar-refractivity contribution is 8.02. The van der Waals surface area contributed by atoms with Crippen LogP contribution in [0.5, 0.6) is 5.75 Å². The number of hydrogen-bond donors (Lipinski definition) is 1. The lowest BCUT2D eigenvalue weighted by atomic mass is 10.2. The van der Waals surface area contributed by atoms with Crippen molar-refractivity contribution in [2.24, 2.45) is 0 Å². The first-order valence-electron chi connectivity index (χ1n) is 5.46. The van der Waals surface area contributed by atoms with Crippen molar-refractivity contribution in [2.75, 3.05) is 13.0 Å². The van der Waals surface area contributed by atoms with Crippen LogP contribution in [-0.4, -0.2) is 24.1 Å². The molecular weight excluding hydrogens is 252 g/mol. The molecule has 1 aromatic carbocycles. The third-order valence-electron chi connectivity index (χ3n) is 1.78. The average molecular weight is 270 g/mol. The summed E-state index contributed by atoms with van der Waals surface area (Å²) < 4.78 is 10.3. The van der Waals surface area contributed by atoms with Crippen molar-refractivity contribution in [1.29, 1.82) is 0 Å². The van der Waals surface area contributed by atoms with Gasteiger partial charge in [0.2, 0.25) is 6.79 Å². The van der Waals surface area contributed by atoms with Gasteiger partial charge in [-0.25, -0.2) is 4.79 Å². The molecule has 1 rings (SSSR count). The molecule has 0 amide bonds. The van der Waals surface area contributed by atoms with Gasteiger partial charge in [-0.15, -0.1) is 0 Å². The molecule has 0 fully saturated rings. The maximum Gasteiger partial charge on any atom is 0.339 e. The van der Waals surface area contributed by atoms with Gasteiger partial charge >= 0.3 is 5.97 Å². The predicted octanol–water partition coefficient (Wildman–Crippen LogP) is 3.60. The second kappa shape index (κ2) is 9.41. The molecule has 0 aromatic heterocycles. The van der Waals surface area contributed by atoms with Crippen LogP contribution in [0.2, 0.25) is 0 Å². The number of aromatic carboxylic acids is 1. The third kappa shape index (κ3) is 5.63. The van der Waals surface area contributed by atoms with Gasteiger partial charge in [-0.05, 0) is 25.0 Å². The molecule has 0 unspecified atom stereocenters. The molecule has 0 aliphatic heterocycles. The van der Waals surface area contributed by atoms with Crippen molar-refractivity contribution >= 4 is 17.7 Å². The van der Waals surface area contributed by atoms with E-state index >= 15 is 0 Å². The lowest BCUT2D eigenvalue weighted by molar-refractivity contribution is 0.0640. The molecule has 1 N–H and O–H groups in total. The minimum Gasteiger partial charge on any atom is -0.478 e. The van der Waals surface area contributed by atoms with E-state index in [4.69, 9.17) is 14.6 Å². The van der Waals surface area contributed by atoms with E-state index < -0.39 is 5.97 Å². The first-order valence-corrected chi connectivity index (χ1v) is 6.68. The number of ether oxygens (including phenoxy) is 2. The number of rotatable bonds is 6. The summed E-state index contributed by atoms with van der Waals surface area (Å²) in [7, 11) is 0. The van der Waals surface area contributed by atoms with Crippen LogP contribution in [0.3, 0.4) is 0 Å². The van der Waals surface area contributed by atoms with Crippen molar-refractivity contribution in [3.8, 4) is 5.75 Å². The van der Waals surface area contributed by atoms with Gasteiger partial charge in [0.25, 0.3) is 0 Å². The Balaban J connectivity index is 0.00000137. The van der Waals surface area contributed by atoms with Crippen LogP contribution < -0.4 is 4.74 Å². The Morgan fingerprint density at radius 1 is 1.39 bits per heavy atom. The van der Waals surface area contributed by atoms with Gasteiger partial charge in [-0.1, -0.05) is 37.7 Å². The molecule has 18 heavy (non-hydrogen) atoms. The van der Waals surface area contributed by atoms with E-state index in [0.717, 1.165) is 0 Å². The van der Waals surface area contributed by atoms with Gasteiger partial charge in [-0.2, -0.15) is 0 Å². The van der Waals surface area contributed by atoms with Crippen LogP contribution >= 0.6 is 11.8 Å². The molecule has 100 valence electrons. The van der Waals surface area contributed by atoms with Crippen LogP contribution in [0.15, 0.2) is 35.9 Å². The first-order chi connectivity index (χ1) is 8.65. The van der Waals surface area contributed by atoms with Crippen LogP contribution in [0.4, 0.5) is 0 Å². The van der Waals surface area contributed by atoms with E-state index in [2.05, 4.69) is 6.58 Å². The number of carboxylic acids is 1. The zero-order valence-electron chi connectivity index (χ0n) is 10.8. The summed E-state index contributed by atoms with van der Waals surface area (Å²) in [5, 5.41) is 9.40. The van der Waals surface area contributed by atoms with Gasteiger partial charge in [0.15, 0.2) is 0 Å². The molecule has 0 saturated heterocycles. The Hall–Kier alpha value is -1.62. The Morgan fingerprint density at radius 3 is 2.56 bits per heavy atom. The summed E-state index contributed by atoms with van der Waals surface area (Å²) in [6.07, 6.45) is 1.83. The Labute approximate surface area is 112 Å². The fourth-order valence-corrected chi connectivity index (χ4v) is 1.15. The molecule has 0 aliphatic carbocycles. The summed E-state index contributed by atoms with van der Waals surface area (Å²) in [6, 6.07) is 6.39. The lowest BCUT2D eigenvalue weighted by Gasteiger charge is -2.10. The second-order valence-electron chi connectivity index (χ2n) is 2.78. The minimum absolute atomic E-state index is 0.0516. The highest BCUT2D eigenvalue weighted by Gasteiger charge is 2.09. The average Bonchev–Trinajstić information content (AvgIpc) is 2.41. The number of para-hydroxylation sites is 1. The molecule has 5 heteroatoms. The van der Waals surface area contributed by atoms with E-state index in [1.165, 1.54) is 17.8 Å². The van der Waals surface area contributed by atoms with Crippen molar-refractivity contribution in [2.45, 2.75) is 13.8 Å². The van der Waals surface area contributed by atoms with Gasteiger partial charge in [-0.3, -0.25) is 0 Å². The van der Waals surface area contributed by atoms with E-state index in [0.29, 0.717) is 5.09 Å². The highest BCUT2D eigenvalue weighted by atomic mass is 32.2. The van der Waals surface area contributed by atoms with Crippen molar-refractivity contribution < 1.29 is 19.4 Å². The van der Waals surface area contributed by atoms with Crippen LogP contribution in [0.1, 0.15) is 24.2 Å². The minimum atomic E-state index is -1.03. The number of carbonyl (C=O) groups is 1. The Kier molecular flexibility index (Phi) is 8.57. The van der Waals surface area contributed by atoms with Gasteiger partial charge in [0.05, 0.1) is 0 Å². The largest absolute Gasteiger partial charge is 0.478 e. The summed E-state index contributed by atoms with van der Waals surface area (Å²) in [5.41, 5.74) is 0.112. The zero-order valence-corrected chi connectivity index (χ0v) is 11.6. The van der Waals surface area contributed by atoms with E-state index in [1.807, 2.05) is 20.1 Å². The standard InChI is InChI=1S/C11H12O4S.C2H6/c1-8(16-2)14-7-15-10-6-4-3-5-9(10)11(12)13;1-2/h3-6H,1,7H2,2H3,(H,12,13);1-2H3. The van der Waals surface area contributed by atoms with Crippen LogP contribution in [-0.2, 0) is 4.74 Å². The molecule has 0 aliphatic rings. The SMILES string of the molecule is C=C(OCOc1ccccc1C(=O)O)SC.CC. The van der Waals surface area contributed by atoms with Gasteiger partial charge in [0.1, 0.15) is 16.4 Å². The zero-order chi connectivity index (χ0) is 14.0. The van der Waals surface area contributed by atoms with Gasteiger partial charge in [0, 0.05) is 0 Å².